The Morgan fingerprint density at radius 1 is 1.06 bits per heavy atom. The van der Waals surface area contributed by atoms with E-state index in [0.29, 0.717) is 33.4 Å². The molecular weight excluding hydrogens is 414 g/mol. The number of fused-ring (bicyclic) bond motifs is 1. The zero-order valence-electron chi connectivity index (χ0n) is 17.6. The third kappa shape index (κ3) is 3.89. The SMILES string of the molecule is COc1ccc(OC)c(-c2csc3ncc(C(=O)Nc4cc(C)cc(C)c4)c(=O)n23)c1. The van der Waals surface area contributed by atoms with Crippen molar-refractivity contribution in [2.24, 2.45) is 0 Å². The molecular formula is C23H21N3O4S. The van der Waals surface area contributed by atoms with Gasteiger partial charge >= 0.3 is 0 Å². The molecule has 0 saturated heterocycles. The van der Waals surface area contributed by atoms with Crippen LogP contribution in [0.3, 0.4) is 0 Å². The Balaban J connectivity index is 1.81. The summed E-state index contributed by atoms with van der Waals surface area (Å²) in [4.78, 5) is 31.0. The zero-order chi connectivity index (χ0) is 22.1. The monoisotopic (exact) mass is 435 g/mol. The Labute approximate surface area is 182 Å². The van der Waals surface area contributed by atoms with Gasteiger partial charge < -0.3 is 14.8 Å². The number of thiazole rings is 1. The summed E-state index contributed by atoms with van der Waals surface area (Å²) in [6, 6.07) is 11.1. The van der Waals surface area contributed by atoms with Crippen molar-refractivity contribution in [3.8, 4) is 22.8 Å². The Morgan fingerprint density at radius 2 is 1.81 bits per heavy atom. The van der Waals surface area contributed by atoms with Gasteiger partial charge in [0.2, 0.25) is 0 Å². The summed E-state index contributed by atoms with van der Waals surface area (Å²) in [5.74, 6) is 0.698. The van der Waals surface area contributed by atoms with Crippen LogP contribution in [0.4, 0.5) is 5.69 Å². The van der Waals surface area contributed by atoms with E-state index < -0.39 is 11.5 Å². The Morgan fingerprint density at radius 3 is 2.48 bits per heavy atom. The van der Waals surface area contributed by atoms with Crippen molar-refractivity contribution in [2.45, 2.75) is 13.8 Å². The van der Waals surface area contributed by atoms with Crippen molar-refractivity contribution in [3.63, 3.8) is 0 Å². The van der Waals surface area contributed by atoms with Gasteiger partial charge in [0.15, 0.2) is 4.96 Å². The largest absolute Gasteiger partial charge is 0.497 e. The van der Waals surface area contributed by atoms with Gasteiger partial charge in [-0.15, -0.1) is 11.3 Å². The van der Waals surface area contributed by atoms with E-state index in [2.05, 4.69) is 10.3 Å². The minimum atomic E-state index is -0.508. The predicted molar refractivity (Wildman–Crippen MR) is 122 cm³/mol. The maximum Gasteiger partial charge on any atom is 0.271 e. The molecule has 0 radical (unpaired) electrons. The van der Waals surface area contributed by atoms with Crippen molar-refractivity contribution in [1.82, 2.24) is 9.38 Å². The molecule has 2 aromatic heterocycles. The van der Waals surface area contributed by atoms with Crippen LogP contribution in [0.2, 0.25) is 0 Å². The van der Waals surface area contributed by atoms with Crippen molar-refractivity contribution >= 4 is 27.9 Å². The molecule has 0 spiro atoms. The first-order chi connectivity index (χ1) is 14.9. The number of methoxy groups -OCH3 is 2. The van der Waals surface area contributed by atoms with Crippen molar-refractivity contribution < 1.29 is 14.3 Å². The molecule has 0 aliphatic heterocycles. The lowest BCUT2D eigenvalue weighted by Crippen LogP contribution is -2.26. The number of aryl methyl sites for hydroxylation is 2. The summed E-state index contributed by atoms with van der Waals surface area (Å²) in [7, 11) is 3.13. The summed E-state index contributed by atoms with van der Waals surface area (Å²) in [6.07, 6.45) is 1.32. The number of nitrogens with zero attached hydrogens (tertiary/aromatic N) is 2. The fourth-order valence-electron chi connectivity index (χ4n) is 3.50. The Hall–Kier alpha value is -3.65. The number of benzene rings is 2. The van der Waals surface area contributed by atoms with Gasteiger partial charge in [0.25, 0.3) is 11.5 Å². The maximum atomic E-state index is 13.3. The van der Waals surface area contributed by atoms with Crippen LogP contribution in [0.1, 0.15) is 21.5 Å². The normalized spacial score (nSPS) is 10.8. The van der Waals surface area contributed by atoms with E-state index in [4.69, 9.17) is 9.47 Å². The van der Waals surface area contributed by atoms with Crippen LogP contribution in [0.25, 0.3) is 16.2 Å². The van der Waals surface area contributed by atoms with Gasteiger partial charge in [-0.25, -0.2) is 4.98 Å². The van der Waals surface area contributed by atoms with Gasteiger partial charge in [0, 0.05) is 22.8 Å². The topological polar surface area (TPSA) is 81.9 Å². The van der Waals surface area contributed by atoms with Crippen molar-refractivity contribution in [2.75, 3.05) is 19.5 Å². The van der Waals surface area contributed by atoms with Crippen LogP contribution in [-0.4, -0.2) is 29.5 Å². The number of hydrogen-bond acceptors (Lipinski definition) is 6. The van der Waals surface area contributed by atoms with Gasteiger partial charge in [-0.2, -0.15) is 0 Å². The van der Waals surface area contributed by atoms with E-state index in [9.17, 15) is 9.59 Å². The van der Waals surface area contributed by atoms with Crippen LogP contribution in [-0.2, 0) is 0 Å². The standard InChI is InChI=1S/C23H21N3O4S/c1-13-7-14(2)9-15(8-13)25-21(27)18-11-24-23-26(22(18)28)19(12-31-23)17-10-16(29-3)5-6-20(17)30-4/h5-12H,1-4H3,(H,25,27). The number of rotatable bonds is 5. The van der Waals surface area contributed by atoms with E-state index >= 15 is 0 Å². The highest BCUT2D eigenvalue weighted by molar-refractivity contribution is 7.15. The smallest absolute Gasteiger partial charge is 0.271 e. The molecule has 0 atom stereocenters. The lowest BCUT2D eigenvalue weighted by Gasteiger charge is -2.11. The van der Waals surface area contributed by atoms with Crippen molar-refractivity contribution in [3.05, 3.63) is 75.0 Å². The van der Waals surface area contributed by atoms with Crippen molar-refractivity contribution in [1.29, 1.82) is 0 Å². The highest BCUT2D eigenvalue weighted by atomic mass is 32.1. The van der Waals surface area contributed by atoms with Gasteiger partial charge in [-0.1, -0.05) is 6.07 Å². The Kier molecular flexibility index (Phi) is 5.48. The first-order valence-corrected chi connectivity index (χ1v) is 10.4. The molecule has 1 N–H and O–H groups in total. The van der Waals surface area contributed by atoms with Crippen LogP contribution in [0.5, 0.6) is 11.5 Å². The third-order valence-electron chi connectivity index (χ3n) is 4.85. The van der Waals surface area contributed by atoms with Crippen LogP contribution in [0.15, 0.2) is 52.8 Å². The van der Waals surface area contributed by atoms with Gasteiger partial charge in [-0.05, 0) is 55.3 Å². The highest BCUT2D eigenvalue weighted by Gasteiger charge is 2.19. The number of ether oxygens (including phenoxy) is 2. The molecule has 1 amide bonds. The van der Waals surface area contributed by atoms with Crippen LogP contribution in [0, 0.1) is 13.8 Å². The summed E-state index contributed by atoms with van der Waals surface area (Å²) in [5.41, 5.74) is 3.42. The lowest BCUT2D eigenvalue weighted by atomic mass is 10.1. The number of amides is 1. The number of carbonyl (C=O) groups excluding carboxylic acids is 1. The molecule has 0 saturated carbocycles. The quantitative estimate of drug-likeness (QED) is 0.505. The molecule has 0 fully saturated rings. The lowest BCUT2D eigenvalue weighted by molar-refractivity contribution is 0.102. The summed E-state index contributed by atoms with van der Waals surface area (Å²) in [5, 5.41) is 4.62. The van der Waals surface area contributed by atoms with E-state index in [1.807, 2.05) is 37.4 Å². The number of hydrogen-bond donors (Lipinski definition) is 1. The van der Waals surface area contributed by atoms with E-state index in [1.165, 1.54) is 21.9 Å². The molecule has 4 rings (SSSR count). The summed E-state index contributed by atoms with van der Waals surface area (Å²) in [6.45, 7) is 3.90. The first-order valence-electron chi connectivity index (χ1n) is 9.52. The number of anilines is 1. The molecule has 4 aromatic rings. The van der Waals surface area contributed by atoms with Crippen LogP contribution >= 0.6 is 11.3 Å². The second kappa shape index (κ2) is 8.23. The van der Waals surface area contributed by atoms with E-state index in [0.717, 1.165) is 11.1 Å². The zero-order valence-corrected chi connectivity index (χ0v) is 18.4. The molecule has 2 heterocycles. The fourth-order valence-corrected chi connectivity index (χ4v) is 4.35. The van der Waals surface area contributed by atoms with E-state index in [-0.39, 0.29) is 5.56 Å². The molecule has 8 heteroatoms. The molecule has 7 nitrogen and oxygen atoms in total. The van der Waals surface area contributed by atoms with E-state index in [1.54, 1.807) is 32.4 Å². The predicted octanol–water partition coefficient (Wildman–Crippen LogP) is 4.31. The second-order valence-corrected chi connectivity index (χ2v) is 7.95. The number of aromatic nitrogens is 2. The number of nitrogens with one attached hydrogen (secondary N) is 1. The minimum absolute atomic E-state index is 0.0434. The van der Waals surface area contributed by atoms with Crippen LogP contribution < -0.4 is 20.3 Å². The fraction of sp³-hybridized carbons (Fsp3) is 0.174. The average molecular weight is 436 g/mol. The molecule has 0 aliphatic rings. The Bertz CT molecular complexity index is 1340. The molecule has 31 heavy (non-hydrogen) atoms. The molecule has 0 unspecified atom stereocenters. The summed E-state index contributed by atoms with van der Waals surface area (Å²) < 4.78 is 12.2. The second-order valence-electron chi connectivity index (χ2n) is 7.11. The van der Waals surface area contributed by atoms with Gasteiger partial charge in [0.1, 0.15) is 17.1 Å². The third-order valence-corrected chi connectivity index (χ3v) is 5.69. The average Bonchev–Trinajstić information content (AvgIpc) is 3.17. The minimum Gasteiger partial charge on any atom is -0.497 e. The maximum absolute atomic E-state index is 13.3. The molecule has 0 aliphatic carbocycles. The molecule has 158 valence electrons. The summed E-state index contributed by atoms with van der Waals surface area (Å²) >= 11 is 1.31. The molecule has 2 aromatic carbocycles. The number of carbonyl (C=O) groups is 1. The highest BCUT2D eigenvalue weighted by Crippen LogP contribution is 2.35. The first kappa shape index (κ1) is 20.6. The van der Waals surface area contributed by atoms with Gasteiger partial charge in [-0.3, -0.25) is 14.0 Å². The molecule has 0 bridgehead atoms. The van der Waals surface area contributed by atoms with Gasteiger partial charge in [0.05, 0.1) is 19.9 Å².